The number of aromatic nitrogens is 4. The van der Waals surface area contributed by atoms with E-state index in [2.05, 4.69) is 15.0 Å². The molecule has 0 aliphatic rings. The Morgan fingerprint density at radius 3 is 2.66 bits per heavy atom. The van der Waals surface area contributed by atoms with Gasteiger partial charge in [0.2, 0.25) is 0 Å². The summed E-state index contributed by atoms with van der Waals surface area (Å²) in [7, 11) is 0. The summed E-state index contributed by atoms with van der Waals surface area (Å²) >= 11 is 0. The van der Waals surface area contributed by atoms with Crippen molar-refractivity contribution >= 4 is 17.2 Å². The third-order valence-electron chi connectivity index (χ3n) is 5.34. The number of alkyl halides is 3. The van der Waals surface area contributed by atoms with Crippen LogP contribution >= 0.6 is 0 Å². The number of fused-ring (bicyclic) bond motifs is 1. The zero-order chi connectivity index (χ0) is 22.9. The van der Waals surface area contributed by atoms with Crippen LogP contribution < -0.4 is 5.73 Å². The van der Waals surface area contributed by atoms with Crippen molar-refractivity contribution in [3.63, 3.8) is 0 Å². The van der Waals surface area contributed by atoms with Gasteiger partial charge in [-0.1, -0.05) is 12.1 Å². The highest BCUT2D eigenvalue weighted by Crippen LogP contribution is 2.29. The number of halogens is 3. The van der Waals surface area contributed by atoms with Crippen LogP contribution in [-0.4, -0.2) is 25.1 Å². The summed E-state index contributed by atoms with van der Waals surface area (Å²) in [6, 6.07) is 7.14. The third-order valence-corrected chi connectivity index (χ3v) is 5.34. The third kappa shape index (κ3) is 4.46. The summed E-state index contributed by atoms with van der Waals surface area (Å²) in [5.74, 6) is 0.0671. The molecule has 0 saturated heterocycles. The Morgan fingerprint density at radius 1 is 1.06 bits per heavy atom. The van der Waals surface area contributed by atoms with Gasteiger partial charge in [-0.3, -0.25) is 14.2 Å². The van der Waals surface area contributed by atoms with Crippen LogP contribution in [0.4, 0.5) is 19.0 Å². The summed E-state index contributed by atoms with van der Waals surface area (Å²) in [5, 5.41) is 0. The highest BCUT2D eigenvalue weighted by molar-refractivity contribution is 5.97. The number of carbonyl (C=O) groups excluding carboxylic acids is 1. The monoisotopic (exact) mass is 439 g/mol. The molecule has 3 aromatic heterocycles. The number of aryl methyl sites for hydroxylation is 3. The first-order valence-corrected chi connectivity index (χ1v) is 9.93. The minimum absolute atomic E-state index is 0.0869. The van der Waals surface area contributed by atoms with Gasteiger partial charge in [-0.05, 0) is 49.1 Å². The van der Waals surface area contributed by atoms with Crippen molar-refractivity contribution in [3.05, 3.63) is 88.8 Å². The van der Waals surface area contributed by atoms with Gasteiger partial charge in [0, 0.05) is 41.7 Å². The average Bonchev–Trinajstić information content (AvgIpc) is 3.17. The molecule has 0 unspecified atom stereocenters. The number of anilines is 1. The first-order chi connectivity index (χ1) is 15.2. The number of imidazole rings is 1. The summed E-state index contributed by atoms with van der Waals surface area (Å²) in [6.45, 7) is 1.95. The fourth-order valence-electron chi connectivity index (χ4n) is 3.57. The molecule has 0 spiro atoms. The molecule has 164 valence electrons. The number of nitrogens with two attached hydrogens (primary N) is 1. The Balaban J connectivity index is 1.51. The van der Waals surface area contributed by atoms with E-state index in [1.54, 1.807) is 30.7 Å². The maximum Gasteiger partial charge on any atom is 0.416 e. The molecule has 2 N–H and O–H groups in total. The molecular formula is C23H20F3N5O. The van der Waals surface area contributed by atoms with Crippen LogP contribution in [0, 0.1) is 6.92 Å². The summed E-state index contributed by atoms with van der Waals surface area (Å²) in [5.41, 5.74) is 9.11. The minimum Gasteiger partial charge on any atom is -0.381 e. The first kappa shape index (κ1) is 21.5. The Labute approximate surface area is 182 Å². The lowest BCUT2D eigenvalue weighted by molar-refractivity contribution is -0.137. The van der Waals surface area contributed by atoms with Crippen LogP contribution in [0.1, 0.15) is 38.4 Å². The number of hydrogen-bond acceptors (Lipinski definition) is 5. The molecule has 0 fully saturated rings. The second kappa shape index (κ2) is 8.41. The second-order valence-corrected chi connectivity index (χ2v) is 7.53. The van der Waals surface area contributed by atoms with Crippen LogP contribution in [0.3, 0.4) is 0 Å². The van der Waals surface area contributed by atoms with E-state index in [-0.39, 0.29) is 17.9 Å². The number of hydrogen-bond donors (Lipinski definition) is 1. The molecule has 0 aliphatic heterocycles. The van der Waals surface area contributed by atoms with Crippen LogP contribution in [0.15, 0.2) is 55.1 Å². The van der Waals surface area contributed by atoms with Crippen molar-refractivity contribution in [2.45, 2.75) is 32.4 Å². The van der Waals surface area contributed by atoms with Crippen molar-refractivity contribution in [3.8, 4) is 0 Å². The second-order valence-electron chi connectivity index (χ2n) is 7.53. The highest BCUT2D eigenvalue weighted by atomic mass is 19.4. The lowest BCUT2D eigenvalue weighted by atomic mass is 9.97. The van der Waals surface area contributed by atoms with E-state index in [4.69, 9.17) is 5.73 Å². The number of nitrogens with zero attached hydrogens (tertiary/aromatic N) is 4. The van der Waals surface area contributed by atoms with Gasteiger partial charge in [-0.2, -0.15) is 13.2 Å². The fraction of sp³-hybridized carbons (Fsp3) is 0.217. The molecule has 0 bridgehead atoms. The lowest BCUT2D eigenvalue weighted by Gasteiger charge is -2.10. The molecular weight excluding hydrogens is 419 g/mol. The standard InChI is InChI=1S/C23H20F3N5O/c1-14-2-3-16(20(32)12-18-11-17(6-7-28-18)23(24,25)26)10-15(14)4-5-19-13-30-22-21(27)29-8-9-31(19)22/h2-3,6-11,13H,4-5,12H2,1H3,(H2,27,29). The van der Waals surface area contributed by atoms with Crippen molar-refractivity contribution in [1.29, 1.82) is 0 Å². The van der Waals surface area contributed by atoms with Gasteiger partial charge in [-0.25, -0.2) is 9.97 Å². The summed E-state index contributed by atoms with van der Waals surface area (Å²) in [6.07, 6.45) is 2.87. The van der Waals surface area contributed by atoms with Crippen molar-refractivity contribution in [2.75, 3.05) is 5.73 Å². The molecule has 4 rings (SSSR count). The van der Waals surface area contributed by atoms with E-state index in [1.807, 2.05) is 17.4 Å². The van der Waals surface area contributed by atoms with E-state index in [9.17, 15) is 18.0 Å². The molecule has 3 heterocycles. The molecule has 6 nitrogen and oxygen atoms in total. The Kier molecular flexibility index (Phi) is 5.65. The number of rotatable bonds is 6. The number of ketones is 1. The molecule has 0 radical (unpaired) electrons. The van der Waals surface area contributed by atoms with Gasteiger partial charge in [0.15, 0.2) is 17.2 Å². The van der Waals surface area contributed by atoms with Gasteiger partial charge in [0.1, 0.15) is 0 Å². The number of Topliss-reactive ketones (excluding diaryl/α,β-unsaturated/α-hetero) is 1. The molecule has 9 heteroatoms. The van der Waals surface area contributed by atoms with Gasteiger partial charge >= 0.3 is 6.18 Å². The minimum atomic E-state index is -4.48. The van der Waals surface area contributed by atoms with E-state index < -0.39 is 11.7 Å². The van der Waals surface area contributed by atoms with Crippen molar-refractivity contribution < 1.29 is 18.0 Å². The van der Waals surface area contributed by atoms with Gasteiger partial charge in [-0.15, -0.1) is 0 Å². The van der Waals surface area contributed by atoms with Gasteiger partial charge in [0.25, 0.3) is 0 Å². The molecule has 0 saturated carbocycles. The van der Waals surface area contributed by atoms with Crippen LogP contribution in [0.25, 0.3) is 5.65 Å². The average molecular weight is 439 g/mol. The largest absolute Gasteiger partial charge is 0.416 e. The SMILES string of the molecule is Cc1ccc(C(=O)Cc2cc(C(F)(F)F)ccn2)cc1CCc1cnc2c(N)nccn12. The normalized spacial score (nSPS) is 11.8. The molecule has 4 aromatic rings. The summed E-state index contributed by atoms with van der Waals surface area (Å²) < 4.78 is 40.6. The van der Waals surface area contributed by atoms with Gasteiger partial charge in [0.05, 0.1) is 12.0 Å². The maximum absolute atomic E-state index is 12.9. The Morgan fingerprint density at radius 2 is 1.88 bits per heavy atom. The summed E-state index contributed by atoms with van der Waals surface area (Å²) in [4.78, 5) is 25.0. The zero-order valence-electron chi connectivity index (χ0n) is 17.2. The predicted octanol–water partition coefficient (Wildman–Crippen LogP) is 4.24. The number of nitrogen functional groups attached to an aromatic ring is 1. The topological polar surface area (TPSA) is 86.2 Å². The predicted molar refractivity (Wildman–Crippen MR) is 113 cm³/mol. The molecule has 0 atom stereocenters. The van der Waals surface area contributed by atoms with Gasteiger partial charge < -0.3 is 5.73 Å². The van der Waals surface area contributed by atoms with E-state index in [1.165, 1.54) is 0 Å². The Hall–Kier alpha value is -3.75. The lowest BCUT2D eigenvalue weighted by Crippen LogP contribution is -2.10. The molecule has 0 amide bonds. The fourth-order valence-corrected chi connectivity index (χ4v) is 3.57. The highest BCUT2D eigenvalue weighted by Gasteiger charge is 2.30. The maximum atomic E-state index is 12.9. The molecule has 1 aromatic carbocycles. The first-order valence-electron chi connectivity index (χ1n) is 9.93. The van der Waals surface area contributed by atoms with E-state index in [0.717, 1.165) is 35.2 Å². The van der Waals surface area contributed by atoms with Crippen LogP contribution in [0.2, 0.25) is 0 Å². The zero-order valence-corrected chi connectivity index (χ0v) is 17.2. The van der Waals surface area contributed by atoms with E-state index >= 15 is 0 Å². The van der Waals surface area contributed by atoms with Crippen molar-refractivity contribution in [2.24, 2.45) is 0 Å². The Bertz CT molecular complexity index is 1300. The molecule has 32 heavy (non-hydrogen) atoms. The number of benzene rings is 1. The van der Waals surface area contributed by atoms with E-state index in [0.29, 0.717) is 29.9 Å². The van der Waals surface area contributed by atoms with Crippen LogP contribution in [-0.2, 0) is 25.4 Å². The molecule has 0 aliphatic carbocycles. The smallest absolute Gasteiger partial charge is 0.381 e. The number of carbonyl (C=O) groups is 1. The van der Waals surface area contributed by atoms with Crippen molar-refractivity contribution in [1.82, 2.24) is 19.4 Å². The quantitative estimate of drug-likeness (QED) is 0.454. The van der Waals surface area contributed by atoms with Crippen LogP contribution in [0.5, 0.6) is 0 Å². The number of pyridine rings is 1.